The van der Waals surface area contributed by atoms with Crippen molar-refractivity contribution in [3.63, 3.8) is 0 Å². The number of hydrogen-bond donors (Lipinski definition) is 4. The molecule has 0 radical (unpaired) electrons. The Balaban J connectivity index is 2.43. The summed E-state index contributed by atoms with van der Waals surface area (Å²) in [7, 11) is 0. The fourth-order valence-electron chi connectivity index (χ4n) is 5.19. The molecule has 1 saturated heterocycles. The van der Waals surface area contributed by atoms with Gasteiger partial charge in [0.05, 0.1) is 13.2 Å². The molecule has 1 aliphatic heterocycles. The molecule has 0 aromatic rings. The second-order valence-electron chi connectivity index (χ2n) is 12.0. The molecule has 0 aliphatic carbocycles. The van der Waals surface area contributed by atoms with E-state index in [0.29, 0.717) is 6.42 Å². The van der Waals surface area contributed by atoms with Crippen LogP contribution < -0.4 is 0 Å². The third-order valence-electron chi connectivity index (χ3n) is 7.99. The highest BCUT2D eigenvalue weighted by atomic mass is 16.7. The Hall–Kier alpha value is -1.30. The van der Waals surface area contributed by atoms with Crippen molar-refractivity contribution in [1.29, 1.82) is 0 Å². The number of unbranched alkanes of at least 4 members (excludes halogenated alkanes) is 16. The molecule has 254 valence electrons. The highest BCUT2D eigenvalue weighted by Gasteiger charge is 2.44. The van der Waals surface area contributed by atoms with Crippen LogP contribution in [0.5, 0.6) is 0 Å². The van der Waals surface area contributed by atoms with E-state index >= 15 is 0 Å². The van der Waals surface area contributed by atoms with Crippen LogP contribution in [0.4, 0.5) is 0 Å². The van der Waals surface area contributed by atoms with Crippen LogP contribution in [0.15, 0.2) is 0 Å². The molecule has 1 heterocycles. The van der Waals surface area contributed by atoms with Crippen LogP contribution in [0.3, 0.4) is 0 Å². The average Bonchev–Trinajstić information content (AvgIpc) is 3.00. The number of carbonyl (C=O) groups is 2. The quantitative estimate of drug-likeness (QED) is 0.0723. The SMILES string of the molecule is CCCCCCCCCCCCCCC(=O)OC(COC(=O)CCCCCCCC)COC1OC(CO)C(O)C(O)C1O. The van der Waals surface area contributed by atoms with Gasteiger partial charge in [0.1, 0.15) is 31.0 Å². The molecule has 6 atom stereocenters. The van der Waals surface area contributed by atoms with Gasteiger partial charge in [-0.3, -0.25) is 9.59 Å². The van der Waals surface area contributed by atoms with Crippen LogP contribution in [0.25, 0.3) is 0 Å². The third-order valence-corrected chi connectivity index (χ3v) is 7.99. The van der Waals surface area contributed by atoms with E-state index in [-0.39, 0.29) is 32.0 Å². The number of aliphatic hydroxyl groups excluding tert-OH is 4. The molecule has 0 saturated carbocycles. The minimum Gasteiger partial charge on any atom is -0.462 e. The number of rotatable bonds is 27. The van der Waals surface area contributed by atoms with Gasteiger partial charge in [0.15, 0.2) is 12.4 Å². The van der Waals surface area contributed by atoms with Crippen molar-refractivity contribution in [2.75, 3.05) is 19.8 Å². The maximum atomic E-state index is 12.6. The van der Waals surface area contributed by atoms with Gasteiger partial charge in [0.2, 0.25) is 0 Å². The lowest BCUT2D eigenvalue weighted by Crippen LogP contribution is -2.59. The first kappa shape index (κ1) is 39.7. The molecular weight excluding hydrogens is 556 g/mol. The lowest BCUT2D eigenvalue weighted by molar-refractivity contribution is -0.305. The lowest BCUT2D eigenvalue weighted by atomic mass is 9.99. The molecule has 4 N–H and O–H groups in total. The first-order valence-corrected chi connectivity index (χ1v) is 17.1. The van der Waals surface area contributed by atoms with Crippen LogP contribution in [0.1, 0.15) is 142 Å². The molecule has 43 heavy (non-hydrogen) atoms. The number of hydrogen-bond acceptors (Lipinski definition) is 10. The Bertz CT molecular complexity index is 689. The lowest BCUT2D eigenvalue weighted by Gasteiger charge is -2.39. The Morgan fingerprint density at radius 1 is 0.628 bits per heavy atom. The van der Waals surface area contributed by atoms with Crippen LogP contribution in [-0.4, -0.2) is 89.0 Å². The van der Waals surface area contributed by atoms with Crippen LogP contribution in [-0.2, 0) is 28.5 Å². The first-order valence-electron chi connectivity index (χ1n) is 17.1. The molecular formula is C33H62O10. The van der Waals surface area contributed by atoms with E-state index in [0.717, 1.165) is 51.4 Å². The Morgan fingerprint density at radius 3 is 1.58 bits per heavy atom. The Labute approximate surface area is 259 Å². The first-order chi connectivity index (χ1) is 20.8. The maximum absolute atomic E-state index is 12.6. The van der Waals surface area contributed by atoms with Crippen molar-refractivity contribution in [1.82, 2.24) is 0 Å². The zero-order valence-electron chi connectivity index (χ0n) is 27.0. The zero-order chi connectivity index (χ0) is 31.7. The van der Waals surface area contributed by atoms with Gasteiger partial charge >= 0.3 is 11.9 Å². The Morgan fingerprint density at radius 2 is 1.09 bits per heavy atom. The highest BCUT2D eigenvalue weighted by Crippen LogP contribution is 2.22. The summed E-state index contributed by atoms with van der Waals surface area (Å²) in [5.41, 5.74) is 0. The number of esters is 2. The van der Waals surface area contributed by atoms with Crippen molar-refractivity contribution in [2.45, 2.75) is 179 Å². The van der Waals surface area contributed by atoms with E-state index in [1.807, 2.05) is 0 Å². The molecule has 0 aromatic carbocycles. The molecule has 1 rings (SSSR count). The fraction of sp³-hybridized carbons (Fsp3) is 0.939. The number of ether oxygens (including phenoxy) is 4. The minimum atomic E-state index is -1.59. The fourth-order valence-corrected chi connectivity index (χ4v) is 5.19. The molecule has 0 amide bonds. The van der Waals surface area contributed by atoms with Gasteiger partial charge in [-0.1, -0.05) is 117 Å². The van der Waals surface area contributed by atoms with E-state index in [2.05, 4.69) is 13.8 Å². The van der Waals surface area contributed by atoms with Gasteiger partial charge < -0.3 is 39.4 Å². The topological polar surface area (TPSA) is 152 Å². The van der Waals surface area contributed by atoms with Gasteiger partial charge in [-0.15, -0.1) is 0 Å². The van der Waals surface area contributed by atoms with Gasteiger partial charge in [-0.25, -0.2) is 0 Å². The van der Waals surface area contributed by atoms with Crippen LogP contribution in [0.2, 0.25) is 0 Å². The predicted molar refractivity (Wildman–Crippen MR) is 164 cm³/mol. The zero-order valence-corrected chi connectivity index (χ0v) is 27.0. The van der Waals surface area contributed by atoms with Crippen molar-refractivity contribution in [3.05, 3.63) is 0 Å². The summed E-state index contributed by atoms with van der Waals surface area (Å²) in [6, 6.07) is 0. The maximum Gasteiger partial charge on any atom is 0.306 e. The van der Waals surface area contributed by atoms with E-state index < -0.39 is 49.4 Å². The summed E-state index contributed by atoms with van der Waals surface area (Å²) in [5, 5.41) is 39.7. The van der Waals surface area contributed by atoms with Gasteiger partial charge in [0, 0.05) is 12.8 Å². The highest BCUT2D eigenvalue weighted by molar-refractivity contribution is 5.70. The van der Waals surface area contributed by atoms with E-state index in [1.165, 1.54) is 57.8 Å². The smallest absolute Gasteiger partial charge is 0.306 e. The minimum absolute atomic E-state index is 0.212. The molecule has 0 bridgehead atoms. The molecule has 0 spiro atoms. The van der Waals surface area contributed by atoms with E-state index in [1.54, 1.807) is 0 Å². The second-order valence-corrected chi connectivity index (χ2v) is 12.0. The summed E-state index contributed by atoms with van der Waals surface area (Å²) in [6.07, 6.45) is 12.9. The normalized spacial score (nSPS) is 22.8. The third kappa shape index (κ3) is 19.0. The summed E-state index contributed by atoms with van der Waals surface area (Å²) >= 11 is 0. The molecule has 0 aromatic heterocycles. The van der Waals surface area contributed by atoms with Crippen LogP contribution in [0, 0.1) is 0 Å². The van der Waals surface area contributed by atoms with Crippen molar-refractivity contribution in [3.8, 4) is 0 Å². The number of carbonyl (C=O) groups excluding carboxylic acids is 2. The monoisotopic (exact) mass is 618 g/mol. The standard InChI is InChI=1S/C33H62O10/c1-3-5-7-9-11-12-13-14-15-16-18-20-22-29(36)42-26(24-40-28(35)21-19-17-10-8-6-4-2)25-41-33-32(39)31(38)30(37)27(23-34)43-33/h26-27,30-34,37-39H,3-25H2,1-2H3. The van der Waals surface area contributed by atoms with Crippen molar-refractivity contribution < 1.29 is 49.0 Å². The second kappa shape index (κ2) is 26.0. The molecule has 1 aliphatic rings. The van der Waals surface area contributed by atoms with Crippen molar-refractivity contribution >= 4 is 11.9 Å². The van der Waals surface area contributed by atoms with Crippen LogP contribution >= 0.6 is 0 Å². The summed E-state index contributed by atoms with van der Waals surface area (Å²) in [5.74, 6) is -0.813. The summed E-state index contributed by atoms with van der Waals surface area (Å²) in [4.78, 5) is 24.9. The molecule has 1 fully saturated rings. The van der Waals surface area contributed by atoms with Gasteiger partial charge in [-0.2, -0.15) is 0 Å². The van der Waals surface area contributed by atoms with Crippen molar-refractivity contribution in [2.24, 2.45) is 0 Å². The van der Waals surface area contributed by atoms with Gasteiger partial charge in [0.25, 0.3) is 0 Å². The summed E-state index contributed by atoms with van der Waals surface area (Å²) < 4.78 is 21.9. The average molecular weight is 619 g/mol. The predicted octanol–water partition coefficient (Wildman–Crippen LogP) is 5.10. The Kier molecular flexibility index (Phi) is 24.0. The number of aliphatic hydroxyl groups is 4. The van der Waals surface area contributed by atoms with Gasteiger partial charge in [-0.05, 0) is 12.8 Å². The molecule has 10 heteroatoms. The van der Waals surface area contributed by atoms with E-state index in [4.69, 9.17) is 18.9 Å². The summed E-state index contributed by atoms with van der Waals surface area (Å²) in [6.45, 7) is 3.32. The molecule has 10 nitrogen and oxygen atoms in total. The largest absolute Gasteiger partial charge is 0.462 e. The van der Waals surface area contributed by atoms with E-state index in [9.17, 15) is 30.0 Å². The molecule has 6 unspecified atom stereocenters.